The van der Waals surface area contributed by atoms with Crippen LogP contribution in [-0.2, 0) is 25.7 Å². The molecular formula is C79H100F2O14. The molecule has 0 saturated heterocycles. The molecule has 3 aliphatic carbocycles. The molecule has 8 aromatic rings. The maximum Gasteiger partial charge on any atom is 0.134 e. The van der Waals surface area contributed by atoms with Gasteiger partial charge in [-0.2, -0.15) is 0 Å². The van der Waals surface area contributed by atoms with Crippen LogP contribution in [0.5, 0.6) is 80.5 Å². The first-order chi connectivity index (χ1) is 45.0. The summed E-state index contributed by atoms with van der Waals surface area (Å²) in [5.74, 6) is 1.47. The van der Waals surface area contributed by atoms with Gasteiger partial charge in [0.2, 0.25) is 0 Å². The predicted molar refractivity (Wildman–Crippen MR) is 371 cm³/mol. The predicted octanol–water partition coefficient (Wildman–Crippen LogP) is 19.2. The Morgan fingerprint density at radius 3 is 1.09 bits per heavy atom. The van der Waals surface area contributed by atoms with E-state index in [2.05, 4.69) is 0 Å². The zero-order chi connectivity index (χ0) is 70.2. The zero-order valence-electron chi connectivity index (χ0n) is 56.5. The van der Waals surface area contributed by atoms with Gasteiger partial charge in [0.05, 0.1) is 0 Å². The Balaban J connectivity index is 0.000000202. The van der Waals surface area contributed by atoms with E-state index >= 15 is 0 Å². The minimum absolute atomic E-state index is 0.104. The lowest BCUT2D eigenvalue weighted by atomic mass is 9.82. The molecule has 11 rings (SSSR count). The topological polar surface area (TPSA) is 283 Å². The quantitative estimate of drug-likeness (QED) is 0.0640. The van der Waals surface area contributed by atoms with Gasteiger partial charge >= 0.3 is 0 Å². The molecular weight excluding hydrogens is 1210 g/mol. The molecule has 8 aromatic carbocycles. The standard InChI is InChI=1S/C14H14O2.2C13H18O2.C12H15FO2.C10H14O2.C9H12O2.C8H9FO2/c1-10-7-12(15)9-14(16)13(10)8-11-5-3-2-4-6-11;1-9-6-11(14)8-13(15)12(9)7-10-4-2-3-5-10;1-9-7-11(14)8-12(15)13(9)10-5-3-2-4-6-10;13-10-6-9(14)7-11(15)12(10)8-4-2-1-3-5-8;1-6(2)10-7(3)4-8(11)5-9(10)12;1-3-8-6(2)4-7(10)5-9(8)11;1-2-6-7(9)3-5(10)4-8(6)11/h2-7,9,15-16H,8H2,1H3;6,8,10,14-15H,2-5,7H2,1H3;7-8,10,14-15H,2-6H2,1H3;6-8,14-15H,1-5H2;4-6,11-12H,1-3H3;4-5,10-11H,3H2,1-2H3;3-4,10-11H,2H2,1H3. The first kappa shape index (κ1) is 76.5. The number of halogens is 2. The number of rotatable bonds is 9. The van der Waals surface area contributed by atoms with E-state index in [1.54, 1.807) is 37.3 Å². The second-order valence-electron chi connectivity index (χ2n) is 25.5. The van der Waals surface area contributed by atoms with Crippen LogP contribution in [0.4, 0.5) is 8.78 Å². The van der Waals surface area contributed by atoms with Crippen molar-refractivity contribution in [3.63, 3.8) is 0 Å². The van der Waals surface area contributed by atoms with Gasteiger partial charge in [-0.1, -0.05) is 122 Å². The Morgan fingerprint density at radius 1 is 0.347 bits per heavy atom. The average Bonchev–Trinajstić information content (AvgIpc) is 1.19. The van der Waals surface area contributed by atoms with Gasteiger partial charge in [-0.25, -0.2) is 8.78 Å². The number of hydrogen-bond donors (Lipinski definition) is 14. The second-order valence-corrected chi connectivity index (χ2v) is 25.5. The molecule has 0 aliphatic heterocycles. The first-order valence-electron chi connectivity index (χ1n) is 33.1. The van der Waals surface area contributed by atoms with Crippen molar-refractivity contribution in [2.45, 2.75) is 196 Å². The highest BCUT2D eigenvalue weighted by atomic mass is 19.1. The molecule has 514 valence electrons. The molecule has 16 heteroatoms. The van der Waals surface area contributed by atoms with Gasteiger partial charge < -0.3 is 71.5 Å². The third kappa shape index (κ3) is 23.4. The summed E-state index contributed by atoms with van der Waals surface area (Å²) in [6.45, 7) is 17.3. The Morgan fingerprint density at radius 2 is 0.695 bits per heavy atom. The van der Waals surface area contributed by atoms with E-state index in [0.717, 1.165) is 124 Å². The summed E-state index contributed by atoms with van der Waals surface area (Å²) in [7, 11) is 0. The molecule has 14 N–H and O–H groups in total. The van der Waals surface area contributed by atoms with Crippen LogP contribution in [0, 0.1) is 52.2 Å². The molecule has 14 nitrogen and oxygen atoms in total. The van der Waals surface area contributed by atoms with Crippen LogP contribution in [0.15, 0.2) is 115 Å². The van der Waals surface area contributed by atoms with Crippen LogP contribution >= 0.6 is 0 Å². The van der Waals surface area contributed by atoms with Crippen molar-refractivity contribution >= 4 is 0 Å². The van der Waals surface area contributed by atoms with Gasteiger partial charge in [0.25, 0.3) is 0 Å². The van der Waals surface area contributed by atoms with Crippen LogP contribution in [0.2, 0.25) is 0 Å². The summed E-state index contributed by atoms with van der Waals surface area (Å²) in [5, 5.41) is 131. The monoisotopic (exact) mass is 1310 g/mol. The fourth-order valence-electron chi connectivity index (χ4n) is 13.1. The van der Waals surface area contributed by atoms with Crippen molar-refractivity contribution in [2.24, 2.45) is 5.92 Å². The minimum Gasteiger partial charge on any atom is -0.508 e. The molecule has 0 spiro atoms. The number of aromatic hydroxyl groups is 14. The largest absolute Gasteiger partial charge is 0.508 e. The van der Waals surface area contributed by atoms with E-state index < -0.39 is 11.6 Å². The summed E-state index contributed by atoms with van der Waals surface area (Å²) in [4.78, 5) is 0. The maximum absolute atomic E-state index is 13.6. The molecule has 3 fully saturated rings. The molecule has 3 saturated carbocycles. The highest BCUT2D eigenvalue weighted by Gasteiger charge is 2.24. The summed E-state index contributed by atoms with van der Waals surface area (Å²) in [6, 6.07) is 29.8. The molecule has 0 amide bonds. The van der Waals surface area contributed by atoms with Crippen molar-refractivity contribution in [3.05, 3.63) is 199 Å². The van der Waals surface area contributed by atoms with Gasteiger partial charge in [-0.05, 0) is 184 Å². The number of phenolic OH excluding ortho intramolecular Hbond substituents is 14. The van der Waals surface area contributed by atoms with Crippen LogP contribution in [0.3, 0.4) is 0 Å². The fourth-order valence-corrected chi connectivity index (χ4v) is 13.1. The summed E-state index contributed by atoms with van der Waals surface area (Å²) < 4.78 is 26.4. The van der Waals surface area contributed by atoms with Gasteiger partial charge in [0.1, 0.15) is 92.1 Å². The minimum atomic E-state index is -0.565. The lowest BCUT2D eigenvalue weighted by Crippen LogP contribution is -2.06. The molecule has 95 heavy (non-hydrogen) atoms. The average molecular weight is 1310 g/mol. The van der Waals surface area contributed by atoms with Gasteiger partial charge in [0, 0.05) is 83.3 Å². The van der Waals surface area contributed by atoms with Crippen molar-refractivity contribution in [3.8, 4) is 80.5 Å². The van der Waals surface area contributed by atoms with E-state index in [1.165, 1.54) is 101 Å². The Bertz CT molecular complexity index is 3440. The van der Waals surface area contributed by atoms with Crippen molar-refractivity contribution in [1.82, 2.24) is 0 Å². The third-order valence-corrected chi connectivity index (χ3v) is 17.8. The third-order valence-electron chi connectivity index (χ3n) is 17.8. The van der Waals surface area contributed by atoms with Crippen LogP contribution in [-0.4, -0.2) is 71.5 Å². The lowest BCUT2D eigenvalue weighted by molar-refractivity contribution is 0.392. The fraction of sp³-hybridized carbons (Fsp3) is 0.392. The second kappa shape index (κ2) is 37.1. The summed E-state index contributed by atoms with van der Waals surface area (Å²) in [6.07, 6.45) is 19.4. The smallest absolute Gasteiger partial charge is 0.134 e. The van der Waals surface area contributed by atoms with E-state index in [4.69, 9.17) is 25.5 Å². The first-order valence-corrected chi connectivity index (χ1v) is 33.1. The molecule has 0 unspecified atom stereocenters. The van der Waals surface area contributed by atoms with Gasteiger partial charge in [-0.3, -0.25) is 0 Å². The molecule has 0 atom stereocenters. The lowest BCUT2D eigenvalue weighted by Gasteiger charge is -2.24. The molecule has 0 aromatic heterocycles. The van der Waals surface area contributed by atoms with E-state index in [9.17, 15) is 54.7 Å². The Hall–Kier alpha value is -9.18. The Kier molecular flexibility index (Phi) is 29.8. The van der Waals surface area contributed by atoms with Gasteiger partial charge in [0.15, 0.2) is 0 Å². The molecule has 0 heterocycles. The van der Waals surface area contributed by atoms with Crippen LogP contribution in [0.25, 0.3) is 0 Å². The SMILES string of the molecule is CCc1c(C)cc(O)cc1O.CCc1c(O)cc(O)cc1F.Cc1cc(O)cc(O)c1C(C)C.Cc1cc(O)cc(O)c1C1CCCCC1.Cc1cc(O)cc(O)c1CC1CCCC1.Cc1cc(O)cc(O)c1Cc1ccccc1.Oc1cc(O)c(C2CCCCC2)c(F)c1. The number of hydrogen-bond acceptors (Lipinski definition) is 14. The number of aryl methyl sites for hydroxylation is 5. The highest BCUT2D eigenvalue weighted by Crippen LogP contribution is 2.43. The molecule has 0 radical (unpaired) electrons. The normalized spacial score (nSPS) is 13.8. The summed E-state index contributed by atoms with van der Waals surface area (Å²) in [5.41, 5.74) is 11.3. The van der Waals surface area contributed by atoms with Crippen molar-refractivity contribution in [1.29, 1.82) is 0 Å². The Labute approximate surface area is 559 Å². The van der Waals surface area contributed by atoms with Crippen LogP contribution < -0.4 is 0 Å². The summed E-state index contributed by atoms with van der Waals surface area (Å²) >= 11 is 0. The maximum atomic E-state index is 13.6. The van der Waals surface area contributed by atoms with Crippen molar-refractivity contribution < 1.29 is 80.3 Å². The van der Waals surface area contributed by atoms with E-state index in [1.807, 2.05) is 85.7 Å². The number of benzene rings is 8. The van der Waals surface area contributed by atoms with E-state index in [-0.39, 0.29) is 97.9 Å². The highest BCUT2D eigenvalue weighted by molar-refractivity contribution is 5.50. The zero-order valence-corrected chi connectivity index (χ0v) is 56.5. The molecule has 0 bridgehead atoms. The van der Waals surface area contributed by atoms with Crippen molar-refractivity contribution in [2.75, 3.05) is 0 Å². The van der Waals surface area contributed by atoms with E-state index in [0.29, 0.717) is 24.3 Å². The number of phenols is 14. The molecule has 3 aliphatic rings. The van der Waals surface area contributed by atoms with Gasteiger partial charge in [-0.15, -0.1) is 0 Å². The van der Waals surface area contributed by atoms with Crippen LogP contribution in [0.1, 0.15) is 208 Å².